The standard InChI is InChI=1S/C22H30N2O4S/c1-5-21(22(25)23-17(2)14-15-18-10-7-6-8-11-18)24(29(4,26)27)19-12-9-13-20(16-19)28-3/h6-13,16-17,21H,5,14-15H2,1-4H3,(H,23,25). The van der Waals surface area contributed by atoms with Crippen LogP contribution in [0.3, 0.4) is 0 Å². The molecule has 158 valence electrons. The van der Waals surface area contributed by atoms with E-state index in [1.54, 1.807) is 31.2 Å². The van der Waals surface area contributed by atoms with Crippen molar-refractivity contribution in [3.05, 3.63) is 60.2 Å². The number of nitrogens with zero attached hydrogens (tertiary/aromatic N) is 1. The third kappa shape index (κ3) is 6.49. The summed E-state index contributed by atoms with van der Waals surface area (Å²) in [5.41, 5.74) is 1.61. The smallest absolute Gasteiger partial charge is 0.244 e. The fourth-order valence-corrected chi connectivity index (χ4v) is 4.45. The highest BCUT2D eigenvalue weighted by molar-refractivity contribution is 7.92. The maximum Gasteiger partial charge on any atom is 0.244 e. The summed E-state index contributed by atoms with van der Waals surface area (Å²) in [4.78, 5) is 13.0. The molecule has 0 aliphatic rings. The number of carbonyl (C=O) groups excluding carboxylic acids is 1. The van der Waals surface area contributed by atoms with E-state index in [1.165, 1.54) is 17.0 Å². The molecule has 29 heavy (non-hydrogen) atoms. The maximum absolute atomic E-state index is 13.0. The molecule has 2 rings (SSSR count). The van der Waals surface area contributed by atoms with Gasteiger partial charge in [0.05, 0.1) is 19.1 Å². The molecule has 0 aliphatic heterocycles. The lowest BCUT2D eigenvalue weighted by molar-refractivity contribution is -0.122. The van der Waals surface area contributed by atoms with Gasteiger partial charge >= 0.3 is 0 Å². The van der Waals surface area contributed by atoms with E-state index in [0.717, 1.165) is 19.1 Å². The molecule has 1 amide bonds. The molecular weight excluding hydrogens is 388 g/mol. The zero-order valence-corrected chi connectivity index (χ0v) is 18.3. The van der Waals surface area contributed by atoms with E-state index >= 15 is 0 Å². The lowest BCUT2D eigenvalue weighted by Gasteiger charge is -2.31. The summed E-state index contributed by atoms with van der Waals surface area (Å²) in [6, 6.07) is 15.9. The van der Waals surface area contributed by atoms with Crippen molar-refractivity contribution in [2.75, 3.05) is 17.7 Å². The first-order valence-corrected chi connectivity index (χ1v) is 11.6. The van der Waals surface area contributed by atoms with Gasteiger partial charge in [-0.3, -0.25) is 9.10 Å². The molecule has 2 aromatic rings. The van der Waals surface area contributed by atoms with E-state index in [-0.39, 0.29) is 11.9 Å². The zero-order chi connectivity index (χ0) is 21.4. The van der Waals surface area contributed by atoms with Gasteiger partial charge in [-0.15, -0.1) is 0 Å². The van der Waals surface area contributed by atoms with Crippen molar-refractivity contribution in [2.24, 2.45) is 0 Å². The predicted molar refractivity (Wildman–Crippen MR) is 117 cm³/mol. The Hall–Kier alpha value is -2.54. The molecule has 6 nitrogen and oxygen atoms in total. The number of anilines is 1. The molecule has 0 fully saturated rings. The van der Waals surface area contributed by atoms with Crippen LogP contribution >= 0.6 is 0 Å². The first-order chi connectivity index (χ1) is 13.8. The molecule has 2 unspecified atom stereocenters. The molecule has 0 spiro atoms. The number of aryl methyl sites for hydroxylation is 1. The Kier molecular flexibility index (Phi) is 8.08. The minimum absolute atomic E-state index is 0.0801. The van der Waals surface area contributed by atoms with Gasteiger partial charge in [0.15, 0.2) is 0 Å². The Morgan fingerprint density at radius 1 is 1.14 bits per heavy atom. The van der Waals surface area contributed by atoms with Crippen LogP contribution in [0.1, 0.15) is 32.3 Å². The number of sulfonamides is 1. The van der Waals surface area contributed by atoms with Crippen LogP contribution in [0.4, 0.5) is 5.69 Å². The van der Waals surface area contributed by atoms with E-state index in [4.69, 9.17) is 4.74 Å². The molecule has 2 atom stereocenters. The number of ether oxygens (including phenoxy) is 1. The molecule has 0 heterocycles. The first kappa shape index (κ1) is 22.7. The van der Waals surface area contributed by atoms with Crippen molar-refractivity contribution in [3.8, 4) is 5.75 Å². The minimum Gasteiger partial charge on any atom is -0.497 e. The SMILES string of the molecule is CCC(C(=O)NC(C)CCc1ccccc1)N(c1cccc(OC)c1)S(C)(=O)=O. The van der Waals surface area contributed by atoms with Crippen LogP contribution in [-0.2, 0) is 21.2 Å². The first-order valence-electron chi connectivity index (χ1n) is 9.74. The number of benzene rings is 2. The molecule has 0 saturated heterocycles. The minimum atomic E-state index is -3.67. The van der Waals surface area contributed by atoms with E-state index in [0.29, 0.717) is 17.9 Å². The fourth-order valence-electron chi connectivity index (χ4n) is 3.25. The summed E-state index contributed by atoms with van der Waals surface area (Å²) < 4.78 is 31.5. The molecular formula is C22H30N2O4S. The van der Waals surface area contributed by atoms with Gasteiger partial charge in [0.2, 0.25) is 15.9 Å². The summed E-state index contributed by atoms with van der Waals surface area (Å²) in [6.07, 6.45) is 3.07. The van der Waals surface area contributed by atoms with Gasteiger partial charge in [0.1, 0.15) is 11.8 Å². The Bertz CT molecular complexity index is 900. The summed E-state index contributed by atoms with van der Waals surface area (Å²) in [5.74, 6) is 0.226. The average Bonchev–Trinajstić information content (AvgIpc) is 2.70. The highest BCUT2D eigenvalue weighted by atomic mass is 32.2. The van der Waals surface area contributed by atoms with Gasteiger partial charge in [0.25, 0.3) is 0 Å². The van der Waals surface area contributed by atoms with E-state index in [9.17, 15) is 13.2 Å². The quantitative estimate of drug-likeness (QED) is 0.642. The molecule has 0 aliphatic carbocycles. The van der Waals surface area contributed by atoms with Crippen molar-refractivity contribution >= 4 is 21.6 Å². The van der Waals surface area contributed by atoms with Gasteiger partial charge < -0.3 is 10.1 Å². The van der Waals surface area contributed by atoms with Crippen molar-refractivity contribution in [2.45, 2.75) is 45.2 Å². The molecule has 7 heteroatoms. The maximum atomic E-state index is 13.0. The second-order valence-electron chi connectivity index (χ2n) is 7.12. The lowest BCUT2D eigenvalue weighted by atomic mass is 10.1. The summed E-state index contributed by atoms with van der Waals surface area (Å²) in [7, 11) is -2.16. The number of carbonyl (C=O) groups is 1. The van der Waals surface area contributed by atoms with E-state index in [2.05, 4.69) is 17.4 Å². The summed E-state index contributed by atoms with van der Waals surface area (Å²) in [6.45, 7) is 3.74. The van der Waals surface area contributed by atoms with Crippen LogP contribution in [0.25, 0.3) is 0 Å². The number of amides is 1. The van der Waals surface area contributed by atoms with Crippen molar-refractivity contribution in [1.29, 1.82) is 0 Å². The van der Waals surface area contributed by atoms with Crippen LogP contribution in [0.2, 0.25) is 0 Å². The summed E-state index contributed by atoms with van der Waals surface area (Å²) >= 11 is 0. The van der Waals surface area contributed by atoms with Crippen molar-refractivity contribution in [3.63, 3.8) is 0 Å². The monoisotopic (exact) mass is 418 g/mol. The Morgan fingerprint density at radius 3 is 2.41 bits per heavy atom. The molecule has 0 saturated carbocycles. The lowest BCUT2D eigenvalue weighted by Crippen LogP contribution is -2.51. The second kappa shape index (κ2) is 10.3. The third-order valence-corrected chi connectivity index (χ3v) is 5.91. The Morgan fingerprint density at radius 2 is 1.83 bits per heavy atom. The van der Waals surface area contributed by atoms with Crippen LogP contribution in [0, 0.1) is 0 Å². The van der Waals surface area contributed by atoms with Gasteiger partial charge in [-0.2, -0.15) is 0 Å². The third-order valence-electron chi connectivity index (χ3n) is 4.74. The topological polar surface area (TPSA) is 75.7 Å². The van der Waals surface area contributed by atoms with Gasteiger partial charge in [-0.05, 0) is 43.9 Å². The average molecular weight is 419 g/mol. The molecule has 0 radical (unpaired) electrons. The molecule has 1 N–H and O–H groups in total. The fraction of sp³-hybridized carbons (Fsp3) is 0.409. The van der Waals surface area contributed by atoms with Crippen LogP contribution in [0.5, 0.6) is 5.75 Å². The van der Waals surface area contributed by atoms with Gasteiger partial charge in [-0.25, -0.2) is 8.42 Å². The van der Waals surface area contributed by atoms with Crippen molar-refractivity contribution < 1.29 is 17.9 Å². The largest absolute Gasteiger partial charge is 0.497 e. The van der Waals surface area contributed by atoms with E-state index in [1.807, 2.05) is 25.1 Å². The predicted octanol–water partition coefficient (Wildman–Crippen LogP) is 3.38. The molecule has 2 aromatic carbocycles. The normalized spacial score (nSPS) is 13.4. The van der Waals surface area contributed by atoms with Crippen molar-refractivity contribution in [1.82, 2.24) is 5.32 Å². The van der Waals surface area contributed by atoms with Crippen LogP contribution in [-0.4, -0.2) is 39.8 Å². The second-order valence-corrected chi connectivity index (χ2v) is 8.98. The van der Waals surface area contributed by atoms with Gasteiger partial charge in [0, 0.05) is 12.1 Å². The number of methoxy groups -OCH3 is 1. The number of hydrogen-bond donors (Lipinski definition) is 1. The highest BCUT2D eigenvalue weighted by Crippen LogP contribution is 2.26. The summed E-state index contributed by atoms with van der Waals surface area (Å²) in [5, 5.41) is 2.98. The zero-order valence-electron chi connectivity index (χ0n) is 17.5. The number of rotatable bonds is 10. The molecule has 0 aromatic heterocycles. The Labute approximate surface area is 173 Å². The Balaban J connectivity index is 2.15. The van der Waals surface area contributed by atoms with Crippen LogP contribution in [0.15, 0.2) is 54.6 Å². The van der Waals surface area contributed by atoms with Crippen LogP contribution < -0.4 is 14.4 Å². The van der Waals surface area contributed by atoms with E-state index < -0.39 is 16.1 Å². The number of hydrogen-bond acceptors (Lipinski definition) is 4. The number of nitrogens with one attached hydrogen (secondary N) is 1. The highest BCUT2D eigenvalue weighted by Gasteiger charge is 2.32. The van der Waals surface area contributed by atoms with Gasteiger partial charge in [-0.1, -0.05) is 43.3 Å². The molecule has 0 bridgehead atoms.